The molecule has 1 saturated heterocycles. The molecule has 2 aromatic heterocycles. The Labute approximate surface area is 142 Å². The van der Waals surface area contributed by atoms with Crippen LogP contribution in [0.5, 0.6) is 0 Å². The lowest BCUT2D eigenvalue weighted by molar-refractivity contribution is -0.141. The van der Waals surface area contributed by atoms with Crippen molar-refractivity contribution in [3.8, 4) is 11.4 Å². The van der Waals surface area contributed by atoms with Gasteiger partial charge in [-0.05, 0) is 31.2 Å². The third kappa shape index (κ3) is 3.63. The topological polar surface area (TPSA) is 41.9 Å². The third-order valence-corrected chi connectivity index (χ3v) is 4.67. The van der Waals surface area contributed by atoms with Gasteiger partial charge in [-0.15, -0.1) is 0 Å². The summed E-state index contributed by atoms with van der Waals surface area (Å²) >= 11 is 1.69. The van der Waals surface area contributed by atoms with E-state index < -0.39 is 11.9 Å². The largest absolute Gasteiger partial charge is 0.433 e. The zero-order valence-corrected chi connectivity index (χ0v) is 13.9. The summed E-state index contributed by atoms with van der Waals surface area (Å²) in [6.45, 7) is 0.714. The molecule has 8 heteroatoms. The number of hydrogen-bond donors (Lipinski definition) is 0. The van der Waals surface area contributed by atoms with Gasteiger partial charge in [0.05, 0.1) is 0 Å². The molecule has 0 bridgehead atoms. The van der Waals surface area contributed by atoms with Crippen molar-refractivity contribution in [3.05, 3.63) is 36.3 Å². The summed E-state index contributed by atoms with van der Waals surface area (Å²) in [5, 5.41) is 0. The zero-order chi connectivity index (χ0) is 17.2. The predicted molar refractivity (Wildman–Crippen MR) is 89.0 cm³/mol. The van der Waals surface area contributed by atoms with Gasteiger partial charge in [0, 0.05) is 42.4 Å². The number of hydrogen-bond acceptors (Lipinski definition) is 5. The quantitative estimate of drug-likeness (QED) is 0.833. The minimum absolute atomic E-state index is 0.0581. The second kappa shape index (κ2) is 6.96. The third-order valence-electron chi connectivity index (χ3n) is 3.95. The number of thioether (sulfide) groups is 1. The maximum atomic E-state index is 13.3. The molecule has 1 unspecified atom stereocenters. The van der Waals surface area contributed by atoms with Crippen molar-refractivity contribution < 1.29 is 13.2 Å². The zero-order valence-electron chi connectivity index (χ0n) is 13.1. The highest BCUT2D eigenvalue weighted by Gasteiger charge is 2.35. The highest BCUT2D eigenvalue weighted by molar-refractivity contribution is 7.98. The Bertz CT molecular complexity index is 693. The minimum atomic E-state index is -4.51. The molecule has 4 nitrogen and oxygen atoms in total. The lowest BCUT2D eigenvalue weighted by atomic mass is 10.2. The second-order valence-corrected chi connectivity index (χ2v) is 6.53. The van der Waals surface area contributed by atoms with Crippen molar-refractivity contribution in [2.45, 2.75) is 25.1 Å². The molecule has 0 aliphatic carbocycles. The van der Waals surface area contributed by atoms with Gasteiger partial charge in [-0.25, -0.2) is 9.97 Å². The number of nitrogens with zero attached hydrogens (tertiary/aromatic N) is 4. The summed E-state index contributed by atoms with van der Waals surface area (Å²) in [4.78, 5) is 14.0. The van der Waals surface area contributed by atoms with E-state index in [0.29, 0.717) is 17.9 Å². The van der Waals surface area contributed by atoms with Crippen LogP contribution in [-0.2, 0) is 6.18 Å². The first-order chi connectivity index (χ1) is 11.5. The van der Waals surface area contributed by atoms with Gasteiger partial charge in [0.2, 0.25) is 0 Å². The molecule has 0 aromatic carbocycles. The molecule has 1 atom stereocenters. The van der Waals surface area contributed by atoms with Crippen LogP contribution in [0.3, 0.4) is 0 Å². The Morgan fingerprint density at radius 2 is 2.17 bits per heavy atom. The minimum Gasteiger partial charge on any atom is -0.353 e. The maximum Gasteiger partial charge on any atom is 0.433 e. The van der Waals surface area contributed by atoms with E-state index in [9.17, 15) is 13.2 Å². The van der Waals surface area contributed by atoms with E-state index >= 15 is 0 Å². The average molecular weight is 354 g/mol. The van der Waals surface area contributed by atoms with Crippen LogP contribution >= 0.6 is 11.8 Å². The molecule has 0 saturated carbocycles. The van der Waals surface area contributed by atoms with Crippen LogP contribution < -0.4 is 4.90 Å². The van der Waals surface area contributed by atoms with E-state index in [-0.39, 0.29) is 11.9 Å². The van der Waals surface area contributed by atoms with Gasteiger partial charge in [-0.1, -0.05) is 0 Å². The lowest BCUT2D eigenvalue weighted by Crippen LogP contribution is -2.32. The van der Waals surface area contributed by atoms with Crippen molar-refractivity contribution in [2.75, 3.05) is 23.5 Å². The molecule has 3 heterocycles. The second-order valence-electron chi connectivity index (χ2n) is 5.62. The fraction of sp³-hybridized carbons (Fsp3) is 0.438. The van der Waals surface area contributed by atoms with Gasteiger partial charge in [0.1, 0.15) is 5.82 Å². The molecule has 0 amide bonds. The van der Waals surface area contributed by atoms with Crippen LogP contribution in [0, 0.1) is 0 Å². The van der Waals surface area contributed by atoms with Crippen molar-refractivity contribution in [1.82, 2.24) is 15.0 Å². The van der Waals surface area contributed by atoms with Crippen molar-refractivity contribution >= 4 is 17.6 Å². The van der Waals surface area contributed by atoms with Crippen molar-refractivity contribution in [2.24, 2.45) is 0 Å². The average Bonchev–Trinajstić information content (AvgIpc) is 3.03. The summed E-state index contributed by atoms with van der Waals surface area (Å²) < 4.78 is 39.8. The molecule has 1 aliphatic rings. The number of aromatic nitrogens is 3. The van der Waals surface area contributed by atoms with Crippen LogP contribution in [0.1, 0.15) is 18.5 Å². The highest BCUT2D eigenvalue weighted by atomic mass is 32.2. The Balaban J connectivity index is 2.05. The van der Waals surface area contributed by atoms with Crippen molar-refractivity contribution in [1.29, 1.82) is 0 Å². The van der Waals surface area contributed by atoms with Gasteiger partial charge in [-0.2, -0.15) is 24.9 Å². The Hall–Kier alpha value is -1.83. The molecule has 1 fully saturated rings. The number of rotatable bonds is 4. The molecule has 128 valence electrons. The van der Waals surface area contributed by atoms with E-state index in [0.717, 1.165) is 24.7 Å². The van der Waals surface area contributed by atoms with E-state index in [1.54, 1.807) is 30.1 Å². The number of pyridine rings is 1. The summed E-state index contributed by atoms with van der Waals surface area (Å²) in [6, 6.07) is 4.58. The van der Waals surface area contributed by atoms with E-state index in [4.69, 9.17) is 0 Å². The van der Waals surface area contributed by atoms with Gasteiger partial charge in [-0.3, -0.25) is 4.98 Å². The monoisotopic (exact) mass is 354 g/mol. The summed E-state index contributed by atoms with van der Waals surface area (Å²) in [5.41, 5.74) is -0.438. The van der Waals surface area contributed by atoms with Crippen LogP contribution in [0.4, 0.5) is 19.0 Å². The van der Waals surface area contributed by atoms with Gasteiger partial charge >= 0.3 is 6.18 Å². The molecule has 3 rings (SSSR count). The van der Waals surface area contributed by atoms with Crippen LogP contribution in [0.25, 0.3) is 11.4 Å². The fourth-order valence-electron chi connectivity index (χ4n) is 2.85. The first kappa shape index (κ1) is 17.0. The first-order valence-corrected chi connectivity index (χ1v) is 9.00. The molecule has 1 aliphatic heterocycles. The highest BCUT2D eigenvalue weighted by Crippen LogP contribution is 2.34. The Morgan fingerprint density at radius 3 is 2.83 bits per heavy atom. The summed E-state index contributed by atoms with van der Waals surface area (Å²) in [6.07, 6.45) is 2.45. The maximum absolute atomic E-state index is 13.3. The van der Waals surface area contributed by atoms with Crippen molar-refractivity contribution in [3.63, 3.8) is 0 Å². The Morgan fingerprint density at radius 1 is 1.33 bits per heavy atom. The predicted octanol–water partition coefficient (Wildman–Crippen LogP) is 3.89. The van der Waals surface area contributed by atoms with Crippen LogP contribution in [0.15, 0.2) is 30.6 Å². The number of halogens is 3. The molecular weight excluding hydrogens is 337 g/mol. The number of alkyl halides is 3. The molecule has 24 heavy (non-hydrogen) atoms. The fourth-order valence-corrected chi connectivity index (χ4v) is 3.59. The number of anilines is 1. The van der Waals surface area contributed by atoms with E-state index in [2.05, 4.69) is 15.0 Å². The SMILES string of the molecule is CSCC1CCCN1c1cc(C(F)(F)F)nc(-c2cccnc2)n1. The van der Waals surface area contributed by atoms with Gasteiger partial charge in [0.25, 0.3) is 0 Å². The van der Waals surface area contributed by atoms with Crippen LogP contribution in [-0.4, -0.2) is 39.5 Å². The molecule has 0 radical (unpaired) electrons. The van der Waals surface area contributed by atoms with E-state index in [1.807, 2.05) is 11.2 Å². The molecule has 0 spiro atoms. The molecule has 2 aromatic rings. The smallest absolute Gasteiger partial charge is 0.353 e. The van der Waals surface area contributed by atoms with Gasteiger partial charge in [0.15, 0.2) is 11.5 Å². The standard InChI is InChI=1S/C16H17F3N4S/c1-24-10-12-5-3-7-23(12)14-8-13(16(17,18)19)21-15(22-14)11-4-2-6-20-9-11/h2,4,6,8-9,12H,3,5,7,10H2,1H3. The van der Waals surface area contributed by atoms with Crippen LogP contribution in [0.2, 0.25) is 0 Å². The normalized spacial score (nSPS) is 18.2. The van der Waals surface area contributed by atoms with Gasteiger partial charge < -0.3 is 4.90 Å². The molecular formula is C16H17F3N4S. The molecule has 0 N–H and O–H groups in total. The van der Waals surface area contributed by atoms with E-state index in [1.165, 1.54) is 6.20 Å². The lowest BCUT2D eigenvalue weighted by Gasteiger charge is -2.26. The Kier molecular flexibility index (Phi) is 4.93. The summed E-state index contributed by atoms with van der Waals surface area (Å²) in [7, 11) is 0. The first-order valence-electron chi connectivity index (χ1n) is 7.61. The summed E-state index contributed by atoms with van der Waals surface area (Å²) in [5.74, 6) is 1.27.